The van der Waals surface area contributed by atoms with E-state index in [9.17, 15) is 29.1 Å². The number of aromatic hydroxyl groups is 1. The fourth-order valence-electron chi connectivity index (χ4n) is 3.86. The lowest BCUT2D eigenvalue weighted by atomic mass is 10.1. The highest BCUT2D eigenvalue weighted by Gasteiger charge is 2.36. The summed E-state index contributed by atoms with van der Waals surface area (Å²) < 4.78 is 0.983. The molecule has 0 atom stereocenters. The van der Waals surface area contributed by atoms with Crippen LogP contribution in [0.4, 0.5) is 10.5 Å². The summed E-state index contributed by atoms with van der Waals surface area (Å²) in [5.74, 6) is -2.16. The molecule has 1 aromatic heterocycles. The lowest BCUT2D eigenvalue weighted by molar-refractivity contribution is -0.122. The van der Waals surface area contributed by atoms with Gasteiger partial charge in [0.2, 0.25) is 5.88 Å². The van der Waals surface area contributed by atoms with E-state index in [2.05, 4.69) is 10.3 Å². The number of rotatable bonds is 5. The smallest absolute Gasteiger partial charge is 0.335 e. The van der Waals surface area contributed by atoms with Crippen molar-refractivity contribution >= 4 is 29.6 Å². The van der Waals surface area contributed by atoms with Crippen LogP contribution < -0.4 is 21.5 Å². The van der Waals surface area contributed by atoms with Gasteiger partial charge in [-0.25, -0.2) is 19.1 Å². The first-order valence-corrected chi connectivity index (χ1v) is 11.5. The van der Waals surface area contributed by atoms with E-state index in [-0.39, 0.29) is 11.1 Å². The van der Waals surface area contributed by atoms with Crippen molar-refractivity contribution < 1.29 is 19.5 Å². The second-order valence-electron chi connectivity index (χ2n) is 8.73. The molecule has 3 aromatic rings. The Hall–Kier alpha value is -5.25. The molecule has 0 unspecified atom stereocenters. The number of benzene rings is 2. The Morgan fingerprint density at radius 1 is 0.921 bits per heavy atom. The molecular weight excluding hydrogens is 488 g/mol. The van der Waals surface area contributed by atoms with Crippen molar-refractivity contribution in [1.29, 1.82) is 0 Å². The number of aromatic amines is 1. The number of carbonyl (C=O) groups excluding carboxylic acids is 3. The molecule has 0 radical (unpaired) electrons. The third kappa shape index (κ3) is 5.14. The summed E-state index contributed by atoms with van der Waals surface area (Å²) in [7, 11) is 0. The summed E-state index contributed by atoms with van der Waals surface area (Å²) in [6.45, 7) is 5.28. The summed E-state index contributed by atoms with van der Waals surface area (Å²) in [5, 5.41) is 12.9. The fourth-order valence-corrected chi connectivity index (χ4v) is 3.86. The number of urea groups is 1. The Kier molecular flexibility index (Phi) is 7.06. The number of hydrogen-bond donors (Lipinski definition) is 3. The Labute approximate surface area is 216 Å². The van der Waals surface area contributed by atoms with Crippen molar-refractivity contribution in [3.63, 3.8) is 0 Å². The molecule has 0 bridgehead atoms. The summed E-state index contributed by atoms with van der Waals surface area (Å²) in [5.41, 5.74) is 0.904. The highest BCUT2D eigenvalue weighted by atomic mass is 16.3. The standard InChI is InChI=1S/C28H24N4O6/c1-16(10-12-21-23(33)29-27(37)31(25(21)35)19-8-4-6-17(2)14-19)11-13-22-24(34)30-28(38)32(26(22)36)20-9-5-7-18(3)15-20/h4-15,35H,1-3H3,(H,29,33,37)(H,30,34,38). The molecule has 4 rings (SSSR count). The predicted octanol–water partition coefficient (Wildman–Crippen LogP) is 3.02. The molecule has 2 aromatic carbocycles. The normalized spacial score (nSPS) is 15.4. The Morgan fingerprint density at radius 2 is 1.55 bits per heavy atom. The molecular formula is C28H24N4O6. The molecule has 0 aliphatic carbocycles. The lowest BCUT2D eigenvalue weighted by Gasteiger charge is -2.26. The molecule has 3 N–H and O–H groups in total. The van der Waals surface area contributed by atoms with Gasteiger partial charge in [0.05, 0.1) is 11.4 Å². The molecule has 4 amide bonds. The maximum Gasteiger partial charge on any atom is 0.335 e. The van der Waals surface area contributed by atoms with Crippen molar-refractivity contribution in [1.82, 2.24) is 14.9 Å². The minimum Gasteiger partial charge on any atom is -0.494 e. The Balaban J connectivity index is 1.65. The molecule has 0 spiro atoms. The van der Waals surface area contributed by atoms with Gasteiger partial charge in [-0.05, 0) is 68.3 Å². The van der Waals surface area contributed by atoms with Gasteiger partial charge < -0.3 is 5.11 Å². The monoisotopic (exact) mass is 512 g/mol. The average Bonchev–Trinajstić information content (AvgIpc) is 2.83. The van der Waals surface area contributed by atoms with Crippen LogP contribution in [-0.2, 0) is 9.59 Å². The van der Waals surface area contributed by atoms with E-state index in [1.807, 2.05) is 26.0 Å². The number of anilines is 1. The molecule has 1 aliphatic heterocycles. The van der Waals surface area contributed by atoms with Crippen molar-refractivity contribution in [3.8, 4) is 11.6 Å². The zero-order chi connectivity index (χ0) is 27.6. The van der Waals surface area contributed by atoms with E-state index >= 15 is 0 Å². The molecule has 10 nitrogen and oxygen atoms in total. The molecule has 192 valence electrons. The number of hydrogen-bond acceptors (Lipinski definition) is 6. The number of amides is 4. The third-order valence-electron chi connectivity index (χ3n) is 5.77. The van der Waals surface area contributed by atoms with E-state index in [1.165, 1.54) is 24.3 Å². The highest BCUT2D eigenvalue weighted by Crippen LogP contribution is 2.22. The second-order valence-corrected chi connectivity index (χ2v) is 8.73. The number of barbiturate groups is 1. The van der Waals surface area contributed by atoms with Crippen molar-refractivity contribution in [2.24, 2.45) is 0 Å². The molecule has 2 heterocycles. The first-order valence-electron chi connectivity index (χ1n) is 11.5. The second kappa shape index (κ2) is 10.4. The minimum atomic E-state index is -0.846. The molecule has 1 saturated heterocycles. The van der Waals surface area contributed by atoms with Crippen molar-refractivity contribution in [2.45, 2.75) is 20.8 Å². The number of aryl methyl sites for hydroxylation is 2. The van der Waals surface area contributed by atoms with Gasteiger partial charge >= 0.3 is 11.7 Å². The van der Waals surface area contributed by atoms with E-state index in [0.29, 0.717) is 16.9 Å². The van der Waals surface area contributed by atoms with Crippen LogP contribution in [0, 0.1) is 13.8 Å². The number of carbonyl (C=O) groups is 3. The summed E-state index contributed by atoms with van der Waals surface area (Å²) in [6, 6.07) is 12.7. The number of aromatic nitrogens is 2. The van der Waals surface area contributed by atoms with Crippen LogP contribution in [0.5, 0.6) is 5.88 Å². The van der Waals surface area contributed by atoms with Gasteiger partial charge in [0.25, 0.3) is 17.4 Å². The number of H-pyrrole nitrogens is 1. The van der Waals surface area contributed by atoms with E-state index in [1.54, 1.807) is 43.3 Å². The van der Waals surface area contributed by atoms with Gasteiger partial charge in [-0.15, -0.1) is 0 Å². The summed E-state index contributed by atoms with van der Waals surface area (Å²) >= 11 is 0. The van der Waals surface area contributed by atoms with Crippen molar-refractivity contribution in [2.75, 3.05) is 4.90 Å². The van der Waals surface area contributed by atoms with E-state index in [0.717, 1.165) is 20.6 Å². The SMILES string of the molecule is CC(C=Cc1c(O)n(-c2cccc(C)c2)c(=O)[nH]c1=O)=CC=C1C(=O)NC(=O)N(c2cccc(C)c2)C1=O. The van der Waals surface area contributed by atoms with E-state index < -0.39 is 35.0 Å². The van der Waals surface area contributed by atoms with Crippen LogP contribution >= 0.6 is 0 Å². The van der Waals surface area contributed by atoms with Crippen LogP contribution in [0.15, 0.2) is 87.5 Å². The highest BCUT2D eigenvalue weighted by molar-refractivity contribution is 6.37. The Morgan fingerprint density at radius 3 is 2.21 bits per heavy atom. The van der Waals surface area contributed by atoms with Crippen LogP contribution in [-0.4, -0.2) is 32.5 Å². The largest absolute Gasteiger partial charge is 0.494 e. The Bertz CT molecular complexity index is 1690. The zero-order valence-corrected chi connectivity index (χ0v) is 20.8. The molecule has 1 aliphatic rings. The first kappa shape index (κ1) is 25.8. The van der Waals surface area contributed by atoms with Gasteiger partial charge in [0, 0.05) is 0 Å². The van der Waals surface area contributed by atoms with Gasteiger partial charge in [0.15, 0.2) is 0 Å². The number of imide groups is 2. The number of nitrogens with zero attached hydrogens (tertiary/aromatic N) is 2. The maximum absolute atomic E-state index is 13.0. The van der Waals surface area contributed by atoms with Crippen LogP contribution in [0.3, 0.4) is 0 Å². The quantitative estimate of drug-likeness (QED) is 0.273. The van der Waals surface area contributed by atoms with Gasteiger partial charge in [-0.1, -0.05) is 42.0 Å². The fraction of sp³-hybridized carbons (Fsp3) is 0.107. The minimum absolute atomic E-state index is 0.158. The number of nitrogens with one attached hydrogen (secondary N) is 2. The van der Waals surface area contributed by atoms with Crippen LogP contribution in [0.25, 0.3) is 11.8 Å². The molecule has 0 saturated carbocycles. The lowest BCUT2D eigenvalue weighted by Crippen LogP contribution is -2.54. The van der Waals surface area contributed by atoms with E-state index in [4.69, 9.17) is 0 Å². The topological polar surface area (TPSA) is 142 Å². The van der Waals surface area contributed by atoms with Crippen molar-refractivity contribution in [3.05, 3.63) is 115 Å². The predicted molar refractivity (Wildman–Crippen MR) is 142 cm³/mol. The number of allylic oxidation sites excluding steroid dienone is 4. The first-order chi connectivity index (χ1) is 18.1. The van der Waals surface area contributed by atoms with Gasteiger partial charge in [0.1, 0.15) is 11.1 Å². The zero-order valence-electron chi connectivity index (χ0n) is 20.8. The van der Waals surface area contributed by atoms with Crippen LogP contribution in [0.2, 0.25) is 0 Å². The third-order valence-corrected chi connectivity index (χ3v) is 5.77. The summed E-state index contributed by atoms with van der Waals surface area (Å²) in [4.78, 5) is 65.5. The molecule has 10 heteroatoms. The maximum atomic E-state index is 13.0. The van der Waals surface area contributed by atoms with Crippen LogP contribution in [0.1, 0.15) is 23.6 Å². The molecule has 1 fully saturated rings. The van der Waals surface area contributed by atoms with Gasteiger partial charge in [-0.2, -0.15) is 0 Å². The average molecular weight is 513 g/mol. The molecule has 38 heavy (non-hydrogen) atoms. The summed E-state index contributed by atoms with van der Waals surface area (Å²) in [6.07, 6.45) is 5.51. The van der Waals surface area contributed by atoms with Gasteiger partial charge in [-0.3, -0.25) is 24.7 Å².